The van der Waals surface area contributed by atoms with Crippen LogP contribution in [0.25, 0.3) is 0 Å². The Morgan fingerprint density at radius 3 is 2.29 bits per heavy atom. The van der Waals surface area contributed by atoms with Crippen molar-refractivity contribution in [2.75, 3.05) is 0 Å². The second kappa shape index (κ2) is 6.03. The van der Waals surface area contributed by atoms with Gasteiger partial charge in [-0.1, -0.05) is 13.8 Å². The Morgan fingerprint density at radius 1 is 1.17 bits per heavy atom. The zero-order valence-corrected chi connectivity index (χ0v) is 15.8. The summed E-state index contributed by atoms with van der Waals surface area (Å²) in [5.74, 6) is 1.84. The minimum atomic E-state index is -0.830. The van der Waals surface area contributed by atoms with E-state index in [-0.39, 0.29) is 17.5 Å². The molecular formula is C20H32O4. The Balaban J connectivity index is 1.65. The second-order valence-corrected chi connectivity index (χ2v) is 9.17. The summed E-state index contributed by atoms with van der Waals surface area (Å²) in [7, 11) is 0. The number of rotatable bonds is 5. The third-order valence-corrected chi connectivity index (χ3v) is 7.10. The molecule has 0 spiro atoms. The van der Waals surface area contributed by atoms with Crippen molar-refractivity contribution < 1.29 is 19.1 Å². The molecule has 0 aromatic carbocycles. The molecule has 4 atom stereocenters. The predicted molar refractivity (Wildman–Crippen MR) is 91.2 cm³/mol. The smallest absolute Gasteiger partial charge is 0.347 e. The van der Waals surface area contributed by atoms with Gasteiger partial charge in [0.05, 0.1) is 5.41 Å². The third kappa shape index (κ3) is 2.97. The van der Waals surface area contributed by atoms with Gasteiger partial charge in [-0.25, -0.2) is 4.79 Å². The van der Waals surface area contributed by atoms with Crippen molar-refractivity contribution in [3.05, 3.63) is 0 Å². The summed E-state index contributed by atoms with van der Waals surface area (Å²) in [5, 5.41) is 0. The highest BCUT2D eigenvalue weighted by Crippen LogP contribution is 2.59. The van der Waals surface area contributed by atoms with Crippen LogP contribution >= 0.6 is 0 Å². The standard InChI is InChI=1S/C20H32O4/c1-6-19(4,5)18(22)23-13(3)17(21)24-20-10-14-7-15(11-20)9-16(8-14)12(20)2/h12-16H,6-11H2,1-5H3. The molecule has 4 aliphatic carbocycles. The van der Waals surface area contributed by atoms with Crippen molar-refractivity contribution in [1.29, 1.82) is 0 Å². The van der Waals surface area contributed by atoms with Gasteiger partial charge < -0.3 is 9.47 Å². The van der Waals surface area contributed by atoms with E-state index in [9.17, 15) is 9.59 Å². The van der Waals surface area contributed by atoms with E-state index in [1.807, 2.05) is 20.8 Å². The maximum Gasteiger partial charge on any atom is 0.347 e. The molecule has 0 saturated heterocycles. The molecule has 4 fully saturated rings. The average molecular weight is 336 g/mol. The first-order valence-corrected chi connectivity index (χ1v) is 9.61. The summed E-state index contributed by atoms with van der Waals surface area (Å²) in [5.41, 5.74) is -0.880. The lowest BCUT2D eigenvalue weighted by Gasteiger charge is -2.59. The van der Waals surface area contributed by atoms with E-state index in [0.29, 0.717) is 30.1 Å². The van der Waals surface area contributed by atoms with Crippen LogP contribution in [-0.4, -0.2) is 23.6 Å². The second-order valence-electron chi connectivity index (χ2n) is 9.17. The molecule has 0 amide bonds. The SMILES string of the molecule is CCC(C)(C)C(=O)OC(C)C(=O)OC12CC3CC(CC(C3)C1C)C2. The number of carbonyl (C=O) groups is 2. The van der Waals surface area contributed by atoms with Crippen LogP contribution in [-0.2, 0) is 19.1 Å². The van der Waals surface area contributed by atoms with Gasteiger partial charge in [-0.05, 0) is 83.0 Å². The molecule has 0 N–H and O–H groups in total. The van der Waals surface area contributed by atoms with Gasteiger partial charge in [-0.3, -0.25) is 4.79 Å². The fourth-order valence-corrected chi connectivity index (χ4v) is 5.19. The zero-order chi connectivity index (χ0) is 17.7. The number of carbonyl (C=O) groups excluding carboxylic acids is 2. The summed E-state index contributed by atoms with van der Waals surface area (Å²) in [4.78, 5) is 24.8. The van der Waals surface area contributed by atoms with Gasteiger partial charge in [0.25, 0.3) is 0 Å². The highest BCUT2D eigenvalue weighted by atomic mass is 16.6. The summed E-state index contributed by atoms with van der Waals surface area (Å²) in [6.07, 6.45) is 5.74. The zero-order valence-electron chi connectivity index (χ0n) is 15.8. The maximum atomic E-state index is 12.6. The topological polar surface area (TPSA) is 52.6 Å². The molecule has 0 aromatic rings. The van der Waals surface area contributed by atoms with Crippen molar-refractivity contribution in [2.45, 2.75) is 84.8 Å². The lowest BCUT2D eigenvalue weighted by Crippen LogP contribution is -2.58. The monoisotopic (exact) mass is 336 g/mol. The molecule has 4 saturated carbocycles. The van der Waals surface area contributed by atoms with Gasteiger partial charge in [0, 0.05) is 0 Å². The molecular weight excluding hydrogens is 304 g/mol. The van der Waals surface area contributed by atoms with Crippen molar-refractivity contribution in [2.24, 2.45) is 29.1 Å². The Hall–Kier alpha value is -1.06. The molecule has 4 aliphatic rings. The van der Waals surface area contributed by atoms with E-state index < -0.39 is 11.5 Å². The van der Waals surface area contributed by atoms with Crippen LogP contribution < -0.4 is 0 Å². The quantitative estimate of drug-likeness (QED) is 0.709. The molecule has 0 heterocycles. The Labute approximate surface area is 145 Å². The van der Waals surface area contributed by atoms with Gasteiger partial charge in [-0.15, -0.1) is 0 Å². The summed E-state index contributed by atoms with van der Waals surface area (Å²) < 4.78 is 11.5. The molecule has 0 radical (unpaired) electrons. The van der Waals surface area contributed by atoms with Gasteiger partial charge in [0.15, 0.2) is 6.10 Å². The molecule has 24 heavy (non-hydrogen) atoms. The van der Waals surface area contributed by atoms with E-state index in [1.165, 1.54) is 19.3 Å². The summed E-state index contributed by atoms with van der Waals surface area (Å²) >= 11 is 0. The Bertz CT molecular complexity index is 510. The van der Waals surface area contributed by atoms with E-state index in [4.69, 9.17) is 9.47 Å². The predicted octanol–water partition coefficient (Wildman–Crippen LogP) is 4.11. The van der Waals surface area contributed by atoms with E-state index >= 15 is 0 Å². The molecule has 4 nitrogen and oxygen atoms in total. The maximum absolute atomic E-state index is 12.6. The fourth-order valence-electron chi connectivity index (χ4n) is 5.19. The van der Waals surface area contributed by atoms with E-state index in [1.54, 1.807) is 6.92 Å². The summed E-state index contributed by atoms with van der Waals surface area (Å²) in [6, 6.07) is 0. The fraction of sp³-hybridized carbons (Fsp3) is 0.900. The van der Waals surface area contributed by atoms with Crippen molar-refractivity contribution in [1.82, 2.24) is 0 Å². The van der Waals surface area contributed by atoms with Crippen LogP contribution in [0.2, 0.25) is 0 Å². The largest absolute Gasteiger partial charge is 0.456 e. The molecule has 4 bridgehead atoms. The minimum absolute atomic E-state index is 0.313. The molecule has 4 heteroatoms. The van der Waals surface area contributed by atoms with Crippen LogP contribution in [0.1, 0.15) is 73.1 Å². The Morgan fingerprint density at radius 2 is 1.75 bits per heavy atom. The van der Waals surface area contributed by atoms with Gasteiger partial charge >= 0.3 is 11.9 Å². The van der Waals surface area contributed by atoms with Crippen LogP contribution in [0, 0.1) is 29.1 Å². The van der Waals surface area contributed by atoms with Crippen molar-refractivity contribution >= 4 is 11.9 Å². The van der Waals surface area contributed by atoms with Crippen LogP contribution in [0.15, 0.2) is 0 Å². The van der Waals surface area contributed by atoms with Crippen molar-refractivity contribution in [3.8, 4) is 0 Å². The highest BCUT2D eigenvalue weighted by molar-refractivity contribution is 5.81. The third-order valence-electron chi connectivity index (χ3n) is 7.10. The number of ether oxygens (including phenoxy) is 2. The van der Waals surface area contributed by atoms with Crippen LogP contribution in [0.5, 0.6) is 0 Å². The normalized spacial score (nSPS) is 38.7. The minimum Gasteiger partial charge on any atom is -0.456 e. The van der Waals surface area contributed by atoms with Gasteiger partial charge in [0.2, 0.25) is 0 Å². The Kier molecular flexibility index (Phi) is 4.46. The lowest BCUT2D eigenvalue weighted by atomic mass is 9.50. The average Bonchev–Trinajstić information content (AvgIpc) is 2.51. The first-order valence-electron chi connectivity index (χ1n) is 9.61. The summed E-state index contributed by atoms with van der Waals surface area (Å²) in [6.45, 7) is 9.51. The molecule has 136 valence electrons. The number of hydrogen-bond donors (Lipinski definition) is 0. The molecule has 4 rings (SSSR count). The molecule has 4 unspecified atom stereocenters. The highest BCUT2D eigenvalue weighted by Gasteiger charge is 2.57. The van der Waals surface area contributed by atoms with Gasteiger partial charge in [-0.2, -0.15) is 0 Å². The van der Waals surface area contributed by atoms with Crippen molar-refractivity contribution in [3.63, 3.8) is 0 Å². The first kappa shape index (κ1) is 17.8. The number of hydrogen-bond acceptors (Lipinski definition) is 4. The van der Waals surface area contributed by atoms with Crippen LogP contribution in [0.3, 0.4) is 0 Å². The number of esters is 2. The van der Waals surface area contributed by atoms with Gasteiger partial charge in [0.1, 0.15) is 5.60 Å². The van der Waals surface area contributed by atoms with E-state index in [0.717, 1.165) is 12.8 Å². The van der Waals surface area contributed by atoms with Crippen LogP contribution in [0.4, 0.5) is 0 Å². The molecule has 0 aromatic heterocycles. The lowest BCUT2D eigenvalue weighted by molar-refractivity contribution is -0.215. The first-order chi connectivity index (χ1) is 11.2. The molecule has 0 aliphatic heterocycles. The van der Waals surface area contributed by atoms with E-state index in [2.05, 4.69) is 6.92 Å².